The summed E-state index contributed by atoms with van der Waals surface area (Å²) < 4.78 is 19.8. The summed E-state index contributed by atoms with van der Waals surface area (Å²) in [6.07, 6.45) is 0.458. The van der Waals surface area contributed by atoms with Crippen LogP contribution in [0.2, 0.25) is 5.02 Å². The van der Waals surface area contributed by atoms with E-state index in [1.807, 2.05) is 39.8 Å². The monoisotopic (exact) mass is 576 g/mol. The van der Waals surface area contributed by atoms with E-state index in [9.17, 15) is 18.8 Å². The minimum atomic E-state index is -0.670. The first-order valence-electron chi connectivity index (χ1n) is 13.1. The molecule has 5 N–H and O–H groups in total. The van der Waals surface area contributed by atoms with Crippen LogP contribution in [-0.4, -0.2) is 63.5 Å². The first-order chi connectivity index (χ1) is 18.9. The summed E-state index contributed by atoms with van der Waals surface area (Å²) in [6, 6.07) is 10.7. The van der Waals surface area contributed by atoms with Gasteiger partial charge in [0.05, 0.1) is 12.2 Å². The van der Waals surface area contributed by atoms with Crippen LogP contribution in [-0.2, 0) is 9.59 Å². The lowest BCUT2D eigenvalue weighted by Gasteiger charge is -2.25. The number of amides is 3. The third-order valence-electron chi connectivity index (χ3n) is 5.97. The Labute approximate surface area is 240 Å². The van der Waals surface area contributed by atoms with Gasteiger partial charge in [0.25, 0.3) is 5.91 Å². The van der Waals surface area contributed by atoms with Crippen molar-refractivity contribution < 1.29 is 28.8 Å². The van der Waals surface area contributed by atoms with Gasteiger partial charge in [0.2, 0.25) is 5.91 Å². The summed E-state index contributed by atoms with van der Waals surface area (Å²) in [5.41, 5.74) is 0.330. The Bertz CT molecular complexity index is 1230. The molecule has 0 unspecified atom stereocenters. The lowest BCUT2D eigenvalue weighted by molar-refractivity contribution is -0.481. The molecule has 40 heavy (non-hydrogen) atoms. The number of halogens is 2. The minimum Gasteiger partial charge on any atom is -0.493 e. The van der Waals surface area contributed by atoms with Crippen LogP contribution in [0, 0.1) is 11.2 Å². The number of carbonyl (C=O) groups is 3. The Hall–Kier alpha value is -3.47. The first-order valence-corrected chi connectivity index (χ1v) is 13.4. The van der Waals surface area contributed by atoms with Crippen LogP contribution in [0.3, 0.4) is 0 Å². The van der Waals surface area contributed by atoms with Crippen LogP contribution in [0.15, 0.2) is 53.9 Å². The second-order valence-corrected chi connectivity index (χ2v) is 10.8. The number of quaternary nitrogens is 1. The van der Waals surface area contributed by atoms with Gasteiger partial charge in [-0.3, -0.25) is 9.59 Å². The molecule has 0 spiro atoms. The third kappa shape index (κ3) is 10.3. The Kier molecular flexibility index (Phi) is 12.6. The predicted molar refractivity (Wildman–Crippen MR) is 154 cm³/mol. The summed E-state index contributed by atoms with van der Waals surface area (Å²) in [6.45, 7) is 6.66. The van der Waals surface area contributed by atoms with Gasteiger partial charge in [0.1, 0.15) is 5.75 Å². The molecular formula is C29H40ClFN5O4+. The van der Waals surface area contributed by atoms with Crippen molar-refractivity contribution in [3.63, 3.8) is 0 Å². The van der Waals surface area contributed by atoms with E-state index in [1.54, 1.807) is 25.2 Å². The van der Waals surface area contributed by atoms with Gasteiger partial charge >= 0.3 is 5.91 Å². The summed E-state index contributed by atoms with van der Waals surface area (Å²) in [5.74, 6) is -1.45. The van der Waals surface area contributed by atoms with Crippen molar-refractivity contribution in [2.24, 2.45) is 5.41 Å². The quantitative estimate of drug-likeness (QED) is 0.203. The van der Waals surface area contributed by atoms with E-state index in [2.05, 4.69) is 16.0 Å². The second-order valence-electron chi connectivity index (χ2n) is 10.3. The van der Waals surface area contributed by atoms with Gasteiger partial charge in [0, 0.05) is 49.8 Å². The van der Waals surface area contributed by atoms with E-state index in [-0.39, 0.29) is 30.3 Å². The van der Waals surface area contributed by atoms with Crippen LogP contribution < -0.4 is 26.0 Å². The number of para-hydroxylation sites is 1. The lowest BCUT2D eigenvalue weighted by Crippen LogP contribution is -2.84. The van der Waals surface area contributed by atoms with Crippen LogP contribution in [0.5, 0.6) is 5.75 Å². The molecular weight excluding hydrogens is 537 g/mol. The molecule has 0 aliphatic rings. The number of benzene rings is 2. The number of nitrogens with two attached hydrogens (primary N) is 1. The summed E-state index contributed by atoms with van der Waals surface area (Å²) >= 11 is 6.08. The van der Waals surface area contributed by atoms with Crippen molar-refractivity contribution >= 4 is 35.0 Å². The maximum atomic E-state index is 14.2. The number of rotatable bonds is 14. The second kappa shape index (κ2) is 15.4. The Balaban J connectivity index is 2.17. The zero-order valence-corrected chi connectivity index (χ0v) is 24.7. The van der Waals surface area contributed by atoms with Crippen molar-refractivity contribution in [3.05, 3.63) is 70.3 Å². The molecule has 2 rings (SSSR count). The number of hydrogen-bond donors (Lipinski definition) is 4. The fraction of sp³-hybridized carbons (Fsp3) is 0.414. The molecule has 0 atom stereocenters. The zero-order chi connectivity index (χ0) is 29.9. The van der Waals surface area contributed by atoms with E-state index in [1.165, 1.54) is 29.6 Å². The Morgan fingerprint density at radius 1 is 1.12 bits per heavy atom. The van der Waals surface area contributed by atoms with E-state index in [0.29, 0.717) is 41.6 Å². The fourth-order valence-electron chi connectivity index (χ4n) is 3.86. The Morgan fingerprint density at radius 2 is 1.82 bits per heavy atom. The van der Waals surface area contributed by atoms with Crippen molar-refractivity contribution in [1.82, 2.24) is 20.9 Å². The van der Waals surface area contributed by atoms with Gasteiger partial charge in [-0.15, -0.1) is 0 Å². The van der Waals surface area contributed by atoms with Gasteiger partial charge in [0.15, 0.2) is 17.2 Å². The van der Waals surface area contributed by atoms with Crippen molar-refractivity contribution in [2.45, 2.75) is 33.6 Å². The maximum absolute atomic E-state index is 14.2. The highest BCUT2D eigenvalue weighted by atomic mass is 35.5. The van der Waals surface area contributed by atoms with Crippen molar-refractivity contribution in [1.29, 1.82) is 0 Å². The van der Waals surface area contributed by atoms with Crippen LogP contribution in [0.25, 0.3) is 0 Å². The van der Waals surface area contributed by atoms with Crippen LogP contribution in [0.4, 0.5) is 10.1 Å². The Morgan fingerprint density at radius 3 is 2.45 bits per heavy atom. The number of primary amides is 1. The molecule has 0 saturated carbocycles. The van der Waals surface area contributed by atoms with E-state index >= 15 is 0 Å². The van der Waals surface area contributed by atoms with E-state index < -0.39 is 23.0 Å². The van der Waals surface area contributed by atoms with Gasteiger partial charge in [-0.2, -0.15) is 0 Å². The molecule has 218 valence electrons. The normalized spacial score (nSPS) is 12.0. The molecule has 0 radical (unpaired) electrons. The molecule has 0 aliphatic heterocycles. The summed E-state index contributed by atoms with van der Waals surface area (Å²) in [5, 5.41) is 10.2. The summed E-state index contributed by atoms with van der Waals surface area (Å²) in [7, 11) is 5.46. The smallest absolute Gasteiger partial charge is 0.365 e. The largest absolute Gasteiger partial charge is 0.493 e. The van der Waals surface area contributed by atoms with Gasteiger partial charge < -0.3 is 25.6 Å². The number of nitrogens with zero attached hydrogens (tertiary/aromatic N) is 1. The molecule has 0 aromatic heterocycles. The molecule has 9 nitrogen and oxygen atoms in total. The highest BCUT2D eigenvalue weighted by molar-refractivity contribution is 6.31. The standard InChI is InChI=1S/C29H39ClFN5O4/c1-7-40-24-13-12-19(30)16-20(24)27(38)33-18-29(2,3)17-25(37)35-26(23(32-4)14-15-36(5)6)28(39)34-22-11-9-8-10-21(22)31/h8-13,16,32H,7,14-15,17-18H2,1-6H3,(H,33,38)(H,34,39)(H,35,37)/p+1/b26-23+. The molecule has 2 aromatic rings. The molecule has 11 heteroatoms. The molecule has 0 saturated heterocycles. The molecule has 0 heterocycles. The average Bonchev–Trinajstić information content (AvgIpc) is 2.89. The average molecular weight is 577 g/mol. The maximum Gasteiger partial charge on any atom is 0.365 e. The molecule has 0 fully saturated rings. The highest BCUT2D eigenvalue weighted by Crippen LogP contribution is 2.24. The summed E-state index contributed by atoms with van der Waals surface area (Å²) in [4.78, 5) is 41.3. The molecule has 0 aliphatic carbocycles. The number of hydrogen-bond acceptors (Lipinski definition) is 6. The SMILES string of the molecule is CCOc1ccc(Cl)cc1C(=O)NCC(C)(C)CC(=O)N/C(C(=O)[NH2+]c1ccccc1F)=C(\CCN(C)C)NC. The van der Waals surface area contributed by atoms with Crippen LogP contribution in [0.1, 0.15) is 44.0 Å². The number of nitrogens with one attached hydrogen (secondary N) is 3. The van der Waals surface area contributed by atoms with E-state index in [0.717, 1.165) is 0 Å². The predicted octanol–water partition coefficient (Wildman–Crippen LogP) is 2.94. The fourth-order valence-corrected chi connectivity index (χ4v) is 4.03. The third-order valence-corrected chi connectivity index (χ3v) is 6.20. The topological polar surface area (TPSA) is 116 Å². The zero-order valence-electron chi connectivity index (χ0n) is 24.0. The minimum absolute atomic E-state index is 0.00228. The first kappa shape index (κ1) is 32.7. The van der Waals surface area contributed by atoms with Crippen LogP contribution >= 0.6 is 11.6 Å². The number of carbonyl (C=O) groups excluding carboxylic acids is 3. The van der Waals surface area contributed by atoms with Crippen molar-refractivity contribution in [2.75, 3.05) is 40.8 Å². The lowest BCUT2D eigenvalue weighted by atomic mass is 9.88. The van der Waals surface area contributed by atoms with Gasteiger partial charge in [-0.05, 0) is 50.7 Å². The van der Waals surface area contributed by atoms with E-state index in [4.69, 9.17) is 16.3 Å². The molecule has 3 amide bonds. The van der Waals surface area contributed by atoms with Gasteiger partial charge in [-0.1, -0.05) is 37.6 Å². The highest BCUT2D eigenvalue weighted by Gasteiger charge is 2.28. The van der Waals surface area contributed by atoms with Crippen molar-refractivity contribution in [3.8, 4) is 5.75 Å². The molecule has 2 aromatic carbocycles. The van der Waals surface area contributed by atoms with Gasteiger partial charge in [-0.25, -0.2) is 14.5 Å². The number of ether oxygens (including phenoxy) is 1. The molecule has 0 bridgehead atoms.